The Morgan fingerprint density at radius 2 is 2.00 bits per heavy atom. The molecule has 1 aliphatic heterocycles. The molecule has 1 N–H and O–H groups in total. The highest BCUT2D eigenvalue weighted by Gasteiger charge is 2.18. The Balaban J connectivity index is 1.80. The van der Waals surface area contributed by atoms with Crippen molar-refractivity contribution in [1.29, 1.82) is 0 Å². The summed E-state index contributed by atoms with van der Waals surface area (Å²) in [7, 11) is 0. The van der Waals surface area contributed by atoms with Gasteiger partial charge in [-0.25, -0.2) is 0 Å². The van der Waals surface area contributed by atoms with Gasteiger partial charge < -0.3 is 10.0 Å². The van der Waals surface area contributed by atoms with Crippen LogP contribution in [0.1, 0.15) is 43.1 Å². The number of hydrogen-bond acceptors (Lipinski definition) is 4. The minimum Gasteiger partial charge on any atom is -0.392 e. The van der Waals surface area contributed by atoms with Crippen molar-refractivity contribution in [2.75, 3.05) is 6.54 Å². The minimum atomic E-state index is -0.0453. The summed E-state index contributed by atoms with van der Waals surface area (Å²) in [6, 6.07) is 7.77. The fourth-order valence-corrected chi connectivity index (χ4v) is 2.99. The topological polar surface area (TPSA) is 66.3 Å². The maximum atomic E-state index is 11.9. The standard InChI is InChI=1S/C19H23N3O2/c1-2-16-8-7-15(13-23)19(21-16)14-6-9-17(20-11-14)12-22-10-4-3-5-18(22)24/h6-9,11,23H,2-5,10,12-13H2,1H3. The van der Waals surface area contributed by atoms with E-state index in [0.29, 0.717) is 13.0 Å². The molecule has 0 aliphatic carbocycles. The number of aryl methyl sites for hydroxylation is 1. The van der Waals surface area contributed by atoms with Crippen LogP contribution in [0.4, 0.5) is 0 Å². The number of likely N-dealkylation sites (tertiary alicyclic amines) is 1. The van der Waals surface area contributed by atoms with Crippen LogP contribution in [0, 0.1) is 0 Å². The number of aromatic nitrogens is 2. The third-order valence-corrected chi connectivity index (χ3v) is 4.44. The first-order chi connectivity index (χ1) is 11.7. The quantitative estimate of drug-likeness (QED) is 0.918. The van der Waals surface area contributed by atoms with Crippen LogP contribution >= 0.6 is 0 Å². The van der Waals surface area contributed by atoms with E-state index in [1.807, 2.05) is 29.2 Å². The molecule has 24 heavy (non-hydrogen) atoms. The summed E-state index contributed by atoms with van der Waals surface area (Å²) in [5.41, 5.74) is 4.34. The Morgan fingerprint density at radius 3 is 2.67 bits per heavy atom. The molecular formula is C19H23N3O2. The van der Waals surface area contributed by atoms with Gasteiger partial charge in [-0.3, -0.25) is 14.8 Å². The second-order valence-electron chi connectivity index (χ2n) is 6.13. The summed E-state index contributed by atoms with van der Waals surface area (Å²) >= 11 is 0. The number of pyridine rings is 2. The van der Waals surface area contributed by atoms with Gasteiger partial charge in [0.05, 0.1) is 24.5 Å². The van der Waals surface area contributed by atoms with Gasteiger partial charge in [0.1, 0.15) is 0 Å². The van der Waals surface area contributed by atoms with Gasteiger partial charge >= 0.3 is 0 Å². The SMILES string of the molecule is CCc1ccc(CO)c(-c2ccc(CN3CCCCC3=O)nc2)n1. The lowest BCUT2D eigenvalue weighted by Gasteiger charge is -2.26. The number of nitrogens with zero attached hydrogens (tertiary/aromatic N) is 3. The van der Waals surface area contributed by atoms with E-state index in [4.69, 9.17) is 0 Å². The fraction of sp³-hybridized carbons (Fsp3) is 0.421. The molecule has 0 spiro atoms. The van der Waals surface area contributed by atoms with Gasteiger partial charge in [0.25, 0.3) is 0 Å². The van der Waals surface area contributed by atoms with Crippen LogP contribution in [0.5, 0.6) is 0 Å². The van der Waals surface area contributed by atoms with Gasteiger partial charge in [-0.1, -0.05) is 13.0 Å². The van der Waals surface area contributed by atoms with E-state index in [1.165, 1.54) is 0 Å². The van der Waals surface area contributed by atoms with E-state index in [-0.39, 0.29) is 12.5 Å². The summed E-state index contributed by atoms with van der Waals surface area (Å²) in [5, 5.41) is 9.54. The van der Waals surface area contributed by atoms with Crippen LogP contribution in [0.25, 0.3) is 11.3 Å². The second-order valence-corrected chi connectivity index (χ2v) is 6.13. The Kier molecular flexibility index (Phi) is 5.20. The number of aliphatic hydroxyl groups is 1. The zero-order valence-corrected chi connectivity index (χ0v) is 14.0. The largest absolute Gasteiger partial charge is 0.392 e. The maximum Gasteiger partial charge on any atom is 0.222 e. The molecule has 3 heterocycles. The Labute approximate surface area is 142 Å². The maximum absolute atomic E-state index is 11.9. The van der Waals surface area contributed by atoms with Crippen molar-refractivity contribution in [2.45, 2.75) is 45.8 Å². The zero-order valence-electron chi connectivity index (χ0n) is 14.0. The Hall–Kier alpha value is -2.27. The molecule has 0 aromatic carbocycles. The summed E-state index contributed by atoms with van der Waals surface area (Å²) in [4.78, 5) is 22.9. The molecular weight excluding hydrogens is 302 g/mol. The molecule has 0 bridgehead atoms. The molecule has 1 amide bonds. The van der Waals surface area contributed by atoms with Crippen molar-refractivity contribution in [2.24, 2.45) is 0 Å². The van der Waals surface area contributed by atoms with Crippen molar-refractivity contribution in [3.8, 4) is 11.3 Å². The number of amides is 1. The molecule has 1 aliphatic rings. The van der Waals surface area contributed by atoms with Gasteiger partial charge in [-0.2, -0.15) is 0 Å². The van der Waals surface area contributed by atoms with Crippen molar-refractivity contribution in [3.63, 3.8) is 0 Å². The molecule has 1 saturated heterocycles. The fourth-order valence-electron chi connectivity index (χ4n) is 2.99. The summed E-state index contributed by atoms with van der Waals surface area (Å²) in [5.74, 6) is 0.215. The predicted octanol–water partition coefficient (Wildman–Crippen LogP) is 2.71. The molecule has 0 saturated carbocycles. The van der Waals surface area contributed by atoms with E-state index in [1.54, 1.807) is 6.20 Å². The highest BCUT2D eigenvalue weighted by atomic mass is 16.3. The molecule has 1 fully saturated rings. The minimum absolute atomic E-state index is 0.0453. The molecule has 3 rings (SSSR count). The zero-order chi connectivity index (χ0) is 16.9. The Morgan fingerprint density at radius 1 is 1.17 bits per heavy atom. The second kappa shape index (κ2) is 7.53. The molecule has 2 aromatic rings. The highest BCUT2D eigenvalue weighted by Crippen LogP contribution is 2.23. The van der Waals surface area contributed by atoms with Crippen LogP contribution in [-0.2, 0) is 24.4 Å². The highest BCUT2D eigenvalue weighted by molar-refractivity contribution is 5.76. The van der Waals surface area contributed by atoms with E-state index in [2.05, 4.69) is 16.9 Å². The van der Waals surface area contributed by atoms with Crippen molar-refractivity contribution in [3.05, 3.63) is 47.4 Å². The number of carbonyl (C=O) groups excluding carboxylic acids is 1. The lowest BCUT2D eigenvalue weighted by molar-refractivity contribution is -0.133. The van der Waals surface area contributed by atoms with E-state index >= 15 is 0 Å². The smallest absolute Gasteiger partial charge is 0.222 e. The van der Waals surface area contributed by atoms with Crippen LogP contribution < -0.4 is 0 Å². The van der Waals surface area contributed by atoms with Crippen LogP contribution in [0.2, 0.25) is 0 Å². The van der Waals surface area contributed by atoms with Gasteiger partial charge in [0.2, 0.25) is 5.91 Å². The molecule has 0 atom stereocenters. The van der Waals surface area contributed by atoms with Crippen LogP contribution in [0.15, 0.2) is 30.5 Å². The molecule has 5 heteroatoms. The third-order valence-electron chi connectivity index (χ3n) is 4.44. The number of hydrogen-bond donors (Lipinski definition) is 1. The first kappa shape index (κ1) is 16.6. The van der Waals surface area contributed by atoms with Gasteiger partial charge in [0.15, 0.2) is 0 Å². The van der Waals surface area contributed by atoms with Gasteiger partial charge in [0, 0.05) is 36.0 Å². The average molecular weight is 325 g/mol. The van der Waals surface area contributed by atoms with E-state index in [0.717, 1.165) is 54.0 Å². The van der Waals surface area contributed by atoms with Gasteiger partial charge in [-0.05, 0) is 37.5 Å². The van der Waals surface area contributed by atoms with E-state index < -0.39 is 0 Å². The first-order valence-electron chi connectivity index (χ1n) is 8.54. The van der Waals surface area contributed by atoms with Crippen molar-refractivity contribution >= 4 is 5.91 Å². The van der Waals surface area contributed by atoms with Crippen molar-refractivity contribution in [1.82, 2.24) is 14.9 Å². The number of piperidine rings is 1. The Bertz CT molecular complexity index is 713. The average Bonchev–Trinajstić information content (AvgIpc) is 2.63. The summed E-state index contributed by atoms with van der Waals surface area (Å²) < 4.78 is 0. The van der Waals surface area contributed by atoms with E-state index in [9.17, 15) is 9.90 Å². The van der Waals surface area contributed by atoms with Crippen LogP contribution in [-0.4, -0.2) is 32.4 Å². The number of aliphatic hydroxyl groups excluding tert-OH is 1. The lowest BCUT2D eigenvalue weighted by Crippen LogP contribution is -2.34. The molecule has 2 aromatic heterocycles. The predicted molar refractivity (Wildman–Crippen MR) is 92.0 cm³/mol. The molecule has 0 unspecified atom stereocenters. The third kappa shape index (κ3) is 3.62. The summed E-state index contributed by atoms with van der Waals surface area (Å²) in [6.07, 6.45) is 5.33. The van der Waals surface area contributed by atoms with Crippen molar-refractivity contribution < 1.29 is 9.90 Å². The molecule has 0 radical (unpaired) electrons. The van der Waals surface area contributed by atoms with Crippen LogP contribution in [0.3, 0.4) is 0 Å². The summed E-state index contributed by atoms with van der Waals surface area (Å²) in [6.45, 7) is 3.39. The number of rotatable bonds is 5. The molecule has 126 valence electrons. The normalized spacial score (nSPS) is 14.9. The lowest BCUT2D eigenvalue weighted by atomic mass is 10.1. The molecule has 5 nitrogen and oxygen atoms in total. The van der Waals surface area contributed by atoms with Gasteiger partial charge in [-0.15, -0.1) is 0 Å². The number of carbonyl (C=O) groups is 1. The first-order valence-corrected chi connectivity index (χ1v) is 8.54. The monoisotopic (exact) mass is 325 g/mol.